The molecule has 0 spiro atoms. The molecule has 18 heavy (non-hydrogen) atoms. The number of hydrogen-bond donors (Lipinski definition) is 2. The van der Waals surface area contributed by atoms with Crippen LogP contribution in [0.25, 0.3) is 0 Å². The van der Waals surface area contributed by atoms with Gasteiger partial charge in [-0.25, -0.2) is 0 Å². The Bertz CT molecular complexity index is 413. The van der Waals surface area contributed by atoms with Crippen molar-refractivity contribution >= 4 is 11.6 Å². The molecule has 3 N–H and O–H groups in total. The highest BCUT2D eigenvalue weighted by molar-refractivity contribution is 5.73. The van der Waals surface area contributed by atoms with Crippen molar-refractivity contribution < 1.29 is 4.79 Å². The third-order valence-electron chi connectivity index (χ3n) is 3.22. The summed E-state index contributed by atoms with van der Waals surface area (Å²) in [5, 5.41) is 2.97. The number of nitrogens with one attached hydrogen (secondary N) is 1. The van der Waals surface area contributed by atoms with Crippen LogP contribution in [-0.4, -0.2) is 34.9 Å². The van der Waals surface area contributed by atoms with Crippen LogP contribution < -0.4 is 11.1 Å². The molecule has 0 aromatic carbocycles. The molecule has 2 heterocycles. The van der Waals surface area contributed by atoms with Gasteiger partial charge in [0, 0.05) is 44.5 Å². The van der Waals surface area contributed by atoms with Crippen molar-refractivity contribution in [1.29, 1.82) is 0 Å². The molecule has 5 nitrogen and oxygen atoms in total. The average molecular weight is 248 g/mol. The standard InChI is InChI=1S/C13H20N4O/c1-10(18)16-12-3-6-17(7-4-12)9-13-8-11(14)2-5-15-13/h2,5,8,12H,3-4,6-7,9H2,1H3,(H2,14,15)(H,16,18). The first-order valence-electron chi connectivity index (χ1n) is 6.33. The van der Waals surface area contributed by atoms with Gasteiger partial charge in [-0.05, 0) is 25.0 Å². The summed E-state index contributed by atoms with van der Waals surface area (Å²) < 4.78 is 0. The summed E-state index contributed by atoms with van der Waals surface area (Å²) >= 11 is 0. The molecule has 0 aliphatic carbocycles. The van der Waals surface area contributed by atoms with Crippen molar-refractivity contribution in [3.05, 3.63) is 24.0 Å². The number of anilines is 1. The monoisotopic (exact) mass is 248 g/mol. The van der Waals surface area contributed by atoms with Crippen LogP contribution in [0.1, 0.15) is 25.5 Å². The van der Waals surface area contributed by atoms with E-state index in [-0.39, 0.29) is 5.91 Å². The van der Waals surface area contributed by atoms with E-state index in [9.17, 15) is 4.79 Å². The molecular formula is C13H20N4O. The van der Waals surface area contributed by atoms with Crippen molar-refractivity contribution in [3.63, 3.8) is 0 Å². The van der Waals surface area contributed by atoms with Gasteiger partial charge in [0.25, 0.3) is 0 Å². The van der Waals surface area contributed by atoms with Gasteiger partial charge in [0.1, 0.15) is 0 Å². The largest absolute Gasteiger partial charge is 0.399 e. The summed E-state index contributed by atoms with van der Waals surface area (Å²) in [6, 6.07) is 4.04. The highest BCUT2D eigenvalue weighted by atomic mass is 16.1. The van der Waals surface area contributed by atoms with Crippen molar-refractivity contribution in [2.75, 3.05) is 18.8 Å². The molecule has 1 aliphatic rings. The van der Waals surface area contributed by atoms with Crippen LogP contribution in [0.2, 0.25) is 0 Å². The number of nitrogens with zero attached hydrogens (tertiary/aromatic N) is 2. The fraction of sp³-hybridized carbons (Fsp3) is 0.538. The normalized spacial score (nSPS) is 17.6. The fourth-order valence-electron chi connectivity index (χ4n) is 2.34. The summed E-state index contributed by atoms with van der Waals surface area (Å²) in [7, 11) is 0. The number of likely N-dealkylation sites (tertiary alicyclic amines) is 1. The Morgan fingerprint density at radius 2 is 2.28 bits per heavy atom. The lowest BCUT2D eigenvalue weighted by Crippen LogP contribution is -2.43. The number of hydrogen-bond acceptors (Lipinski definition) is 4. The second-order valence-electron chi connectivity index (χ2n) is 4.83. The lowest BCUT2D eigenvalue weighted by atomic mass is 10.0. The Balaban J connectivity index is 1.81. The summed E-state index contributed by atoms with van der Waals surface area (Å²) in [4.78, 5) is 17.6. The minimum atomic E-state index is 0.0611. The zero-order chi connectivity index (χ0) is 13.0. The van der Waals surface area contributed by atoms with Crippen molar-refractivity contribution in [2.45, 2.75) is 32.4 Å². The third-order valence-corrected chi connectivity index (χ3v) is 3.22. The molecule has 0 saturated carbocycles. The van der Waals surface area contributed by atoms with E-state index in [0.29, 0.717) is 6.04 Å². The van der Waals surface area contributed by atoms with Crippen molar-refractivity contribution in [2.24, 2.45) is 0 Å². The average Bonchev–Trinajstić information content (AvgIpc) is 2.31. The van der Waals surface area contributed by atoms with Crippen LogP contribution in [0.3, 0.4) is 0 Å². The number of nitrogens with two attached hydrogens (primary N) is 1. The van der Waals surface area contributed by atoms with Gasteiger partial charge in [-0.15, -0.1) is 0 Å². The van der Waals surface area contributed by atoms with Gasteiger partial charge < -0.3 is 11.1 Å². The van der Waals surface area contributed by atoms with Crippen LogP contribution in [0.5, 0.6) is 0 Å². The fourth-order valence-corrected chi connectivity index (χ4v) is 2.34. The number of pyridine rings is 1. The molecule has 1 saturated heterocycles. The maximum Gasteiger partial charge on any atom is 0.217 e. The molecule has 98 valence electrons. The van der Waals surface area contributed by atoms with E-state index in [4.69, 9.17) is 5.73 Å². The van der Waals surface area contributed by atoms with Crippen molar-refractivity contribution in [3.8, 4) is 0 Å². The zero-order valence-corrected chi connectivity index (χ0v) is 10.7. The predicted octanol–water partition coefficient (Wildman–Crippen LogP) is 0.764. The molecule has 1 amide bonds. The van der Waals surface area contributed by atoms with Gasteiger partial charge in [0.05, 0.1) is 5.69 Å². The third kappa shape index (κ3) is 3.70. The molecule has 1 aromatic rings. The van der Waals surface area contributed by atoms with E-state index in [0.717, 1.165) is 43.9 Å². The second-order valence-corrected chi connectivity index (χ2v) is 4.83. The van der Waals surface area contributed by atoms with Gasteiger partial charge in [-0.1, -0.05) is 0 Å². The summed E-state index contributed by atoms with van der Waals surface area (Å²) in [6.45, 7) is 4.38. The molecular weight excluding hydrogens is 228 g/mol. The van der Waals surface area contributed by atoms with Gasteiger partial charge in [0.15, 0.2) is 0 Å². The van der Waals surface area contributed by atoms with Crippen molar-refractivity contribution in [1.82, 2.24) is 15.2 Å². The molecule has 0 bridgehead atoms. The van der Waals surface area contributed by atoms with Crippen LogP contribution in [0.15, 0.2) is 18.3 Å². The van der Waals surface area contributed by atoms with Crippen LogP contribution in [0.4, 0.5) is 5.69 Å². The van der Waals surface area contributed by atoms with E-state index < -0.39 is 0 Å². The topological polar surface area (TPSA) is 71.2 Å². The lowest BCUT2D eigenvalue weighted by Gasteiger charge is -2.31. The predicted molar refractivity (Wildman–Crippen MR) is 70.8 cm³/mol. The molecule has 1 aliphatic heterocycles. The van der Waals surface area contributed by atoms with Gasteiger partial charge in [0.2, 0.25) is 5.91 Å². The van der Waals surface area contributed by atoms with E-state index in [1.807, 2.05) is 6.07 Å². The maximum absolute atomic E-state index is 11.0. The second kappa shape index (κ2) is 5.82. The number of carbonyl (C=O) groups excluding carboxylic acids is 1. The summed E-state index contributed by atoms with van der Waals surface area (Å²) in [6.07, 6.45) is 3.75. The van der Waals surface area contributed by atoms with E-state index in [1.54, 1.807) is 19.2 Å². The molecule has 0 atom stereocenters. The Morgan fingerprint density at radius 3 is 2.89 bits per heavy atom. The van der Waals surface area contributed by atoms with E-state index in [1.165, 1.54) is 0 Å². The summed E-state index contributed by atoms with van der Waals surface area (Å²) in [5.74, 6) is 0.0611. The number of nitrogen functional groups attached to an aromatic ring is 1. The summed E-state index contributed by atoms with van der Waals surface area (Å²) in [5.41, 5.74) is 7.50. The Hall–Kier alpha value is -1.62. The van der Waals surface area contributed by atoms with Crippen LogP contribution in [0, 0.1) is 0 Å². The lowest BCUT2D eigenvalue weighted by molar-refractivity contribution is -0.119. The Labute approximate surface area is 107 Å². The van der Waals surface area contributed by atoms with Gasteiger partial charge >= 0.3 is 0 Å². The number of aromatic nitrogens is 1. The number of carbonyl (C=O) groups is 1. The number of piperidine rings is 1. The van der Waals surface area contributed by atoms with Crippen LogP contribution in [-0.2, 0) is 11.3 Å². The van der Waals surface area contributed by atoms with E-state index >= 15 is 0 Å². The quantitative estimate of drug-likeness (QED) is 0.828. The molecule has 5 heteroatoms. The SMILES string of the molecule is CC(=O)NC1CCN(Cc2cc(N)ccn2)CC1. The first-order valence-corrected chi connectivity index (χ1v) is 6.33. The van der Waals surface area contributed by atoms with Crippen LogP contribution >= 0.6 is 0 Å². The Morgan fingerprint density at radius 1 is 1.56 bits per heavy atom. The first kappa shape index (κ1) is 12.8. The first-order chi connectivity index (χ1) is 8.63. The zero-order valence-electron chi connectivity index (χ0n) is 10.7. The maximum atomic E-state index is 11.0. The Kier molecular flexibility index (Phi) is 4.15. The highest BCUT2D eigenvalue weighted by Gasteiger charge is 2.19. The number of rotatable bonds is 3. The molecule has 1 aromatic heterocycles. The minimum absolute atomic E-state index is 0.0611. The van der Waals surface area contributed by atoms with E-state index in [2.05, 4.69) is 15.2 Å². The van der Waals surface area contributed by atoms with Gasteiger partial charge in [-0.2, -0.15) is 0 Å². The highest BCUT2D eigenvalue weighted by Crippen LogP contribution is 2.13. The molecule has 1 fully saturated rings. The van der Waals surface area contributed by atoms with Gasteiger partial charge in [-0.3, -0.25) is 14.7 Å². The molecule has 0 radical (unpaired) electrons. The molecule has 2 rings (SSSR count). The number of amides is 1. The minimum Gasteiger partial charge on any atom is -0.399 e. The smallest absolute Gasteiger partial charge is 0.217 e. The molecule has 0 unspecified atom stereocenters.